The molecule has 1 unspecified atom stereocenters. The van der Waals surface area contributed by atoms with E-state index in [0.29, 0.717) is 18.8 Å². The molecule has 14 heavy (non-hydrogen) atoms. The maximum atomic E-state index is 9.48. The van der Waals surface area contributed by atoms with Crippen LogP contribution in [0.15, 0.2) is 4.52 Å². The monoisotopic (exact) mass is 217 g/mol. The molecule has 0 aliphatic carbocycles. The summed E-state index contributed by atoms with van der Waals surface area (Å²) in [5.74, 6) is 2.62. The van der Waals surface area contributed by atoms with Gasteiger partial charge >= 0.3 is 0 Å². The highest BCUT2D eigenvalue weighted by atomic mass is 32.2. The zero-order valence-corrected chi connectivity index (χ0v) is 8.96. The van der Waals surface area contributed by atoms with E-state index < -0.39 is 6.10 Å². The summed E-state index contributed by atoms with van der Waals surface area (Å²) in [6, 6.07) is 0. The average molecular weight is 217 g/mol. The van der Waals surface area contributed by atoms with Gasteiger partial charge in [-0.05, 0) is 18.7 Å². The van der Waals surface area contributed by atoms with Crippen LogP contribution in [-0.4, -0.2) is 27.5 Å². The lowest BCUT2D eigenvalue weighted by molar-refractivity contribution is 0.127. The van der Waals surface area contributed by atoms with Gasteiger partial charge in [-0.1, -0.05) is 12.1 Å². The summed E-state index contributed by atoms with van der Waals surface area (Å²) in [5, 5.41) is 13.2. The number of nitrogens with two attached hydrogens (primary N) is 1. The van der Waals surface area contributed by atoms with E-state index in [1.807, 2.05) is 0 Å². The Labute approximate surface area is 87.1 Å². The smallest absolute Gasteiger partial charge is 0.255 e. The van der Waals surface area contributed by atoms with Crippen molar-refractivity contribution in [3.63, 3.8) is 0 Å². The van der Waals surface area contributed by atoms with Crippen LogP contribution in [-0.2, 0) is 5.75 Å². The molecule has 0 saturated carbocycles. The van der Waals surface area contributed by atoms with E-state index in [1.54, 1.807) is 11.8 Å². The molecule has 0 aliphatic heterocycles. The SMILES string of the molecule is CCSCc1noc(C(O)CCN)n1. The van der Waals surface area contributed by atoms with E-state index in [9.17, 15) is 5.11 Å². The average Bonchev–Trinajstić information content (AvgIpc) is 2.63. The van der Waals surface area contributed by atoms with Crippen molar-refractivity contribution < 1.29 is 9.63 Å². The standard InChI is InChI=1S/C8H15N3O2S/c1-2-14-5-7-10-8(13-11-7)6(12)3-4-9/h6,12H,2-5,9H2,1H3. The van der Waals surface area contributed by atoms with E-state index in [1.165, 1.54) is 0 Å². The molecule has 1 heterocycles. The number of aliphatic hydroxyl groups is 1. The van der Waals surface area contributed by atoms with Crippen molar-refractivity contribution in [2.45, 2.75) is 25.2 Å². The predicted octanol–water partition coefficient (Wildman–Crippen LogP) is 0.705. The fraction of sp³-hybridized carbons (Fsp3) is 0.750. The van der Waals surface area contributed by atoms with Crippen LogP contribution in [0.2, 0.25) is 0 Å². The van der Waals surface area contributed by atoms with E-state index in [2.05, 4.69) is 17.1 Å². The molecule has 0 saturated heterocycles. The largest absolute Gasteiger partial charge is 0.383 e. The number of aromatic nitrogens is 2. The van der Waals surface area contributed by atoms with Crippen LogP contribution >= 0.6 is 11.8 Å². The van der Waals surface area contributed by atoms with Gasteiger partial charge < -0.3 is 15.4 Å². The van der Waals surface area contributed by atoms with Gasteiger partial charge in [-0.25, -0.2) is 0 Å². The van der Waals surface area contributed by atoms with Gasteiger partial charge in [-0.3, -0.25) is 0 Å². The minimum Gasteiger partial charge on any atom is -0.383 e. The van der Waals surface area contributed by atoms with Crippen LogP contribution in [0, 0.1) is 0 Å². The summed E-state index contributed by atoms with van der Waals surface area (Å²) in [7, 11) is 0. The molecule has 1 aromatic heterocycles. The molecule has 3 N–H and O–H groups in total. The number of nitrogens with zero attached hydrogens (tertiary/aromatic N) is 2. The van der Waals surface area contributed by atoms with Crippen molar-refractivity contribution in [2.24, 2.45) is 5.73 Å². The van der Waals surface area contributed by atoms with Crippen molar-refractivity contribution in [1.29, 1.82) is 0 Å². The minimum absolute atomic E-state index is 0.266. The highest BCUT2D eigenvalue weighted by Gasteiger charge is 2.14. The molecule has 6 heteroatoms. The fourth-order valence-corrected chi connectivity index (χ4v) is 1.44. The first kappa shape index (κ1) is 11.5. The second-order valence-corrected chi connectivity index (χ2v) is 4.05. The van der Waals surface area contributed by atoms with Crippen molar-refractivity contribution in [1.82, 2.24) is 10.1 Å². The van der Waals surface area contributed by atoms with E-state index in [4.69, 9.17) is 10.3 Å². The Morgan fingerprint density at radius 3 is 3.07 bits per heavy atom. The Kier molecular flexibility index (Phi) is 4.92. The second-order valence-electron chi connectivity index (χ2n) is 2.78. The molecule has 0 fully saturated rings. The molecule has 0 amide bonds. The normalized spacial score (nSPS) is 13.1. The Balaban J connectivity index is 2.49. The van der Waals surface area contributed by atoms with Gasteiger partial charge in [0, 0.05) is 0 Å². The number of aliphatic hydroxyl groups excluding tert-OH is 1. The number of thioether (sulfide) groups is 1. The molecule has 0 aliphatic rings. The van der Waals surface area contributed by atoms with Gasteiger partial charge in [0.25, 0.3) is 5.89 Å². The molecular formula is C8H15N3O2S. The molecular weight excluding hydrogens is 202 g/mol. The summed E-state index contributed by atoms with van der Waals surface area (Å²) in [5.41, 5.74) is 5.30. The van der Waals surface area contributed by atoms with Crippen LogP contribution in [0.5, 0.6) is 0 Å². The lowest BCUT2D eigenvalue weighted by Crippen LogP contribution is -2.06. The van der Waals surface area contributed by atoms with Gasteiger partial charge in [-0.15, -0.1) is 0 Å². The van der Waals surface area contributed by atoms with Gasteiger partial charge in [0.2, 0.25) is 0 Å². The first-order chi connectivity index (χ1) is 6.77. The lowest BCUT2D eigenvalue weighted by atomic mass is 10.2. The molecule has 1 aromatic rings. The minimum atomic E-state index is -0.729. The lowest BCUT2D eigenvalue weighted by Gasteiger charge is -2.00. The molecule has 0 aromatic carbocycles. The van der Waals surface area contributed by atoms with Crippen LogP contribution in [0.4, 0.5) is 0 Å². The van der Waals surface area contributed by atoms with Crippen LogP contribution in [0.1, 0.15) is 31.2 Å². The highest BCUT2D eigenvalue weighted by molar-refractivity contribution is 7.98. The summed E-state index contributed by atoms with van der Waals surface area (Å²) >= 11 is 1.71. The van der Waals surface area contributed by atoms with Crippen molar-refractivity contribution in [3.05, 3.63) is 11.7 Å². The van der Waals surface area contributed by atoms with E-state index in [0.717, 1.165) is 11.5 Å². The Hall–Kier alpha value is -0.590. The van der Waals surface area contributed by atoms with E-state index in [-0.39, 0.29) is 5.89 Å². The zero-order valence-electron chi connectivity index (χ0n) is 8.14. The number of rotatable bonds is 6. The molecule has 1 rings (SSSR count). The quantitative estimate of drug-likeness (QED) is 0.729. The molecule has 1 atom stereocenters. The topological polar surface area (TPSA) is 85.2 Å². The third-order valence-electron chi connectivity index (χ3n) is 1.64. The third kappa shape index (κ3) is 3.28. The summed E-state index contributed by atoms with van der Waals surface area (Å²) in [6.07, 6.45) is -0.282. The van der Waals surface area contributed by atoms with Crippen molar-refractivity contribution in [2.75, 3.05) is 12.3 Å². The van der Waals surface area contributed by atoms with Crippen molar-refractivity contribution >= 4 is 11.8 Å². The summed E-state index contributed by atoms with van der Waals surface area (Å²) in [6.45, 7) is 2.47. The van der Waals surface area contributed by atoms with E-state index >= 15 is 0 Å². The number of hydrogen-bond acceptors (Lipinski definition) is 6. The van der Waals surface area contributed by atoms with Gasteiger partial charge in [0.1, 0.15) is 6.10 Å². The Bertz CT molecular complexity index is 267. The van der Waals surface area contributed by atoms with Gasteiger partial charge in [0.05, 0.1) is 5.75 Å². The highest BCUT2D eigenvalue weighted by Crippen LogP contribution is 2.15. The molecule has 80 valence electrons. The maximum absolute atomic E-state index is 9.48. The molecule has 0 radical (unpaired) electrons. The third-order valence-corrected chi connectivity index (χ3v) is 2.51. The predicted molar refractivity (Wildman–Crippen MR) is 54.8 cm³/mol. The summed E-state index contributed by atoms with van der Waals surface area (Å²) in [4.78, 5) is 4.06. The zero-order chi connectivity index (χ0) is 10.4. The number of hydrogen-bond donors (Lipinski definition) is 2. The van der Waals surface area contributed by atoms with Crippen molar-refractivity contribution in [3.8, 4) is 0 Å². The maximum Gasteiger partial charge on any atom is 0.255 e. The van der Waals surface area contributed by atoms with Gasteiger partial charge in [-0.2, -0.15) is 16.7 Å². The van der Waals surface area contributed by atoms with Gasteiger partial charge in [0.15, 0.2) is 5.82 Å². The first-order valence-corrected chi connectivity index (χ1v) is 5.71. The van der Waals surface area contributed by atoms with Crippen LogP contribution in [0.3, 0.4) is 0 Å². The molecule has 0 bridgehead atoms. The molecule has 0 spiro atoms. The first-order valence-electron chi connectivity index (χ1n) is 4.56. The Morgan fingerprint density at radius 2 is 2.43 bits per heavy atom. The fourth-order valence-electron chi connectivity index (χ4n) is 0.936. The second kappa shape index (κ2) is 6.00. The van der Waals surface area contributed by atoms with Crippen LogP contribution < -0.4 is 5.73 Å². The Morgan fingerprint density at radius 1 is 1.64 bits per heavy atom. The molecule has 5 nitrogen and oxygen atoms in total. The summed E-state index contributed by atoms with van der Waals surface area (Å²) < 4.78 is 4.90. The van der Waals surface area contributed by atoms with Crippen LogP contribution in [0.25, 0.3) is 0 Å².